The van der Waals surface area contributed by atoms with Crippen LogP contribution in [0.4, 0.5) is 4.79 Å². The lowest BCUT2D eigenvalue weighted by molar-refractivity contribution is 0.157. The standard InChI is InChI=1S/C5H8N2O2/c1-7-3-2-4(8)6-5(7)9/h2-4,8H,1H3,(H,6,9). The third-order valence-electron chi connectivity index (χ3n) is 1.08. The number of aliphatic hydroxyl groups is 1. The van der Waals surface area contributed by atoms with E-state index in [-0.39, 0.29) is 6.03 Å². The van der Waals surface area contributed by atoms with Crippen LogP contribution in [0.25, 0.3) is 0 Å². The molecule has 4 nitrogen and oxygen atoms in total. The van der Waals surface area contributed by atoms with Crippen molar-refractivity contribution in [2.75, 3.05) is 7.05 Å². The molecule has 0 saturated carbocycles. The van der Waals surface area contributed by atoms with Crippen LogP contribution in [0, 0.1) is 0 Å². The van der Waals surface area contributed by atoms with Crippen LogP contribution >= 0.6 is 0 Å². The van der Waals surface area contributed by atoms with Crippen molar-refractivity contribution >= 4 is 6.03 Å². The topological polar surface area (TPSA) is 52.6 Å². The number of hydrogen-bond acceptors (Lipinski definition) is 2. The molecule has 9 heavy (non-hydrogen) atoms. The molecule has 1 aliphatic rings. The van der Waals surface area contributed by atoms with E-state index in [0.29, 0.717) is 0 Å². The Morgan fingerprint density at radius 1 is 1.89 bits per heavy atom. The zero-order chi connectivity index (χ0) is 6.85. The summed E-state index contributed by atoms with van der Waals surface area (Å²) in [6.07, 6.45) is 2.18. The maximum absolute atomic E-state index is 10.6. The molecule has 0 aromatic rings. The molecule has 0 aromatic heterocycles. The molecule has 2 amide bonds. The predicted octanol–water partition coefficient (Wildman–Crippen LogP) is -0.526. The molecule has 2 N–H and O–H groups in total. The molecule has 0 spiro atoms. The first kappa shape index (κ1) is 6.10. The number of amides is 2. The maximum Gasteiger partial charge on any atom is 0.323 e. The van der Waals surface area contributed by atoms with E-state index in [1.165, 1.54) is 17.2 Å². The summed E-state index contributed by atoms with van der Waals surface area (Å²) in [5.41, 5.74) is 0. The number of hydrogen-bond donors (Lipinski definition) is 2. The van der Waals surface area contributed by atoms with E-state index >= 15 is 0 Å². The normalized spacial score (nSPS) is 26.2. The summed E-state index contributed by atoms with van der Waals surface area (Å²) in [5.74, 6) is 0. The average Bonchev–Trinajstić information content (AvgIpc) is 1.80. The highest BCUT2D eigenvalue weighted by atomic mass is 16.3. The second-order valence-corrected chi connectivity index (χ2v) is 1.85. The molecule has 0 fully saturated rings. The maximum atomic E-state index is 10.6. The number of nitrogens with one attached hydrogen (secondary N) is 1. The average molecular weight is 128 g/mol. The number of urea groups is 1. The van der Waals surface area contributed by atoms with Gasteiger partial charge in [0, 0.05) is 13.2 Å². The zero-order valence-corrected chi connectivity index (χ0v) is 5.03. The van der Waals surface area contributed by atoms with Gasteiger partial charge in [-0.3, -0.25) is 0 Å². The summed E-state index contributed by atoms with van der Waals surface area (Å²) in [5, 5.41) is 11.0. The molecule has 0 saturated heterocycles. The second-order valence-electron chi connectivity index (χ2n) is 1.85. The minimum Gasteiger partial charge on any atom is -0.370 e. The lowest BCUT2D eigenvalue weighted by Crippen LogP contribution is -2.43. The molecule has 50 valence electrons. The van der Waals surface area contributed by atoms with Gasteiger partial charge >= 0.3 is 6.03 Å². The monoisotopic (exact) mass is 128 g/mol. The Kier molecular flexibility index (Phi) is 1.40. The highest BCUT2D eigenvalue weighted by Gasteiger charge is 2.13. The molecule has 1 heterocycles. The molecular weight excluding hydrogens is 120 g/mol. The third kappa shape index (κ3) is 1.20. The minimum atomic E-state index is -0.825. The van der Waals surface area contributed by atoms with Gasteiger partial charge in [-0.05, 0) is 6.08 Å². The van der Waals surface area contributed by atoms with Crippen molar-refractivity contribution < 1.29 is 9.90 Å². The van der Waals surface area contributed by atoms with Crippen LogP contribution in [-0.4, -0.2) is 29.3 Å². The van der Waals surface area contributed by atoms with Crippen molar-refractivity contribution in [3.05, 3.63) is 12.3 Å². The lowest BCUT2D eigenvalue weighted by atomic mass is 10.4. The summed E-state index contributed by atoms with van der Waals surface area (Å²) in [6.45, 7) is 0. The Bertz CT molecular complexity index is 155. The summed E-state index contributed by atoms with van der Waals surface area (Å²) in [4.78, 5) is 12.0. The molecule has 0 aromatic carbocycles. The Morgan fingerprint density at radius 2 is 2.56 bits per heavy atom. The van der Waals surface area contributed by atoms with Crippen molar-refractivity contribution in [3.63, 3.8) is 0 Å². The van der Waals surface area contributed by atoms with Crippen LogP contribution < -0.4 is 5.32 Å². The molecule has 4 heteroatoms. The fourth-order valence-corrected chi connectivity index (χ4v) is 0.555. The van der Waals surface area contributed by atoms with Crippen molar-refractivity contribution in [3.8, 4) is 0 Å². The summed E-state index contributed by atoms with van der Waals surface area (Å²) in [7, 11) is 1.61. The number of carbonyl (C=O) groups excluding carboxylic acids is 1. The lowest BCUT2D eigenvalue weighted by Gasteiger charge is -2.20. The number of nitrogens with zero attached hydrogens (tertiary/aromatic N) is 1. The van der Waals surface area contributed by atoms with Gasteiger partial charge in [0.05, 0.1) is 0 Å². The van der Waals surface area contributed by atoms with Gasteiger partial charge in [0.25, 0.3) is 0 Å². The van der Waals surface area contributed by atoms with Crippen molar-refractivity contribution in [2.45, 2.75) is 6.23 Å². The third-order valence-corrected chi connectivity index (χ3v) is 1.08. The fraction of sp³-hybridized carbons (Fsp3) is 0.400. The van der Waals surface area contributed by atoms with E-state index in [2.05, 4.69) is 5.32 Å². The van der Waals surface area contributed by atoms with E-state index in [4.69, 9.17) is 5.11 Å². The van der Waals surface area contributed by atoms with Gasteiger partial charge in [0.2, 0.25) is 0 Å². The quantitative estimate of drug-likeness (QED) is 0.461. The van der Waals surface area contributed by atoms with E-state index in [1.54, 1.807) is 7.05 Å². The van der Waals surface area contributed by atoms with E-state index < -0.39 is 6.23 Å². The molecule has 1 atom stereocenters. The first-order chi connectivity index (χ1) is 4.20. The molecule has 1 aliphatic heterocycles. The van der Waals surface area contributed by atoms with Crippen LogP contribution in [0.1, 0.15) is 0 Å². The summed E-state index contributed by atoms with van der Waals surface area (Å²) >= 11 is 0. The number of aliphatic hydroxyl groups excluding tert-OH is 1. The van der Waals surface area contributed by atoms with Crippen LogP contribution in [0.5, 0.6) is 0 Å². The first-order valence-electron chi connectivity index (χ1n) is 2.60. The largest absolute Gasteiger partial charge is 0.370 e. The van der Waals surface area contributed by atoms with Crippen molar-refractivity contribution in [2.24, 2.45) is 0 Å². The Hall–Kier alpha value is -1.03. The van der Waals surface area contributed by atoms with Crippen molar-refractivity contribution in [1.29, 1.82) is 0 Å². The van der Waals surface area contributed by atoms with Crippen LogP contribution in [0.2, 0.25) is 0 Å². The van der Waals surface area contributed by atoms with Gasteiger partial charge < -0.3 is 15.3 Å². The van der Waals surface area contributed by atoms with Gasteiger partial charge in [-0.15, -0.1) is 0 Å². The Labute approximate surface area is 52.8 Å². The van der Waals surface area contributed by atoms with Crippen molar-refractivity contribution in [1.82, 2.24) is 10.2 Å². The highest BCUT2D eigenvalue weighted by Crippen LogP contribution is 1.95. The van der Waals surface area contributed by atoms with Gasteiger partial charge in [-0.1, -0.05) is 0 Å². The van der Waals surface area contributed by atoms with E-state index in [0.717, 1.165) is 0 Å². The molecule has 1 unspecified atom stereocenters. The first-order valence-corrected chi connectivity index (χ1v) is 2.60. The highest BCUT2D eigenvalue weighted by molar-refractivity contribution is 5.76. The minimum absolute atomic E-state index is 0.287. The SMILES string of the molecule is CN1C=CC(O)NC1=O. The van der Waals surface area contributed by atoms with Crippen LogP contribution in [-0.2, 0) is 0 Å². The molecular formula is C5H8N2O2. The van der Waals surface area contributed by atoms with Gasteiger partial charge in [-0.2, -0.15) is 0 Å². The zero-order valence-electron chi connectivity index (χ0n) is 5.03. The molecule has 1 rings (SSSR count). The summed E-state index contributed by atoms with van der Waals surface area (Å²) in [6, 6.07) is -0.287. The van der Waals surface area contributed by atoms with Crippen LogP contribution in [0.15, 0.2) is 12.3 Å². The smallest absolute Gasteiger partial charge is 0.323 e. The molecule has 0 aliphatic carbocycles. The predicted molar refractivity (Wildman–Crippen MR) is 31.4 cm³/mol. The van der Waals surface area contributed by atoms with E-state index in [9.17, 15) is 4.79 Å². The Balaban J connectivity index is 2.65. The van der Waals surface area contributed by atoms with Gasteiger partial charge in [-0.25, -0.2) is 4.79 Å². The Morgan fingerprint density at radius 3 is 3.00 bits per heavy atom. The molecule has 0 bridgehead atoms. The number of rotatable bonds is 0. The molecule has 0 radical (unpaired) electrons. The fourth-order valence-electron chi connectivity index (χ4n) is 0.555. The number of carbonyl (C=O) groups is 1. The van der Waals surface area contributed by atoms with Gasteiger partial charge in [0.1, 0.15) is 6.23 Å². The van der Waals surface area contributed by atoms with Crippen LogP contribution in [0.3, 0.4) is 0 Å². The van der Waals surface area contributed by atoms with Gasteiger partial charge in [0.15, 0.2) is 0 Å². The van der Waals surface area contributed by atoms with E-state index in [1.807, 2.05) is 0 Å². The second kappa shape index (κ2) is 2.06. The summed E-state index contributed by atoms with van der Waals surface area (Å²) < 4.78 is 0.